The largest absolute Gasteiger partial charge is 0.495 e. The van der Waals surface area contributed by atoms with Crippen molar-refractivity contribution in [2.45, 2.75) is 25.8 Å². The summed E-state index contributed by atoms with van der Waals surface area (Å²) >= 11 is 0. The van der Waals surface area contributed by atoms with E-state index in [0.29, 0.717) is 5.65 Å². The number of ether oxygens (including phenoxy) is 1. The van der Waals surface area contributed by atoms with Crippen LogP contribution in [0, 0.1) is 6.92 Å². The van der Waals surface area contributed by atoms with E-state index in [1.165, 1.54) is 10.6 Å². The number of hydrogen-bond acceptors (Lipinski definition) is 5. The number of carbonyl (C=O) groups is 1. The highest BCUT2D eigenvalue weighted by molar-refractivity contribution is 5.94. The molecular formula is C22H24N4O3. The van der Waals surface area contributed by atoms with Crippen LogP contribution in [0.4, 0.5) is 5.69 Å². The minimum atomic E-state index is -0.367. The average Bonchev–Trinajstić information content (AvgIpc) is 2.74. The minimum Gasteiger partial charge on any atom is -0.495 e. The molecule has 3 aromatic rings. The molecule has 0 atom stereocenters. The molecule has 0 saturated carbocycles. The van der Waals surface area contributed by atoms with E-state index in [1.54, 1.807) is 13.3 Å². The van der Waals surface area contributed by atoms with Crippen molar-refractivity contribution in [1.82, 2.24) is 14.7 Å². The summed E-state index contributed by atoms with van der Waals surface area (Å²) in [5, 5.41) is 3.00. The van der Waals surface area contributed by atoms with E-state index >= 15 is 0 Å². The Balaban J connectivity index is 1.44. The number of piperidine rings is 1. The molecule has 1 fully saturated rings. The van der Waals surface area contributed by atoms with Crippen molar-refractivity contribution in [3.05, 3.63) is 70.3 Å². The normalized spacial score (nSPS) is 14.8. The summed E-state index contributed by atoms with van der Waals surface area (Å²) in [6, 6.07) is 11.6. The molecular weight excluding hydrogens is 368 g/mol. The Labute approximate surface area is 168 Å². The molecule has 1 N–H and O–H groups in total. The number of nitrogens with one attached hydrogen (secondary N) is 1. The number of fused-ring (bicyclic) bond motifs is 1. The van der Waals surface area contributed by atoms with Gasteiger partial charge in [0.05, 0.1) is 12.8 Å². The van der Waals surface area contributed by atoms with Gasteiger partial charge in [0.2, 0.25) is 0 Å². The monoisotopic (exact) mass is 392 g/mol. The fourth-order valence-electron chi connectivity index (χ4n) is 3.75. The van der Waals surface area contributed by atoms with Crippen LogP contribution in [-0.4, -0.2) is 41.5 Å². The lowest BCUT2D eigenvalue weighted by molar-refractivity contribution is 0.0929. The summed E-state index contributed by atoms with van der Waals surface area (Å²) in [5.41, 5.74) is 2.33. The van der Waals surface area contributed by atoms with E-state index < -0.39 is 0 Å². The molecule has 0 unspecified atom stereocenters. The second-order valence-corrected chi connectivity index (χ2v) is 7.32. The van der Waals surface area contributed by atoms with Gasteiger partial charge < -0.3 is 15.0 Å². The smallest absolute Gasteiger partial charge is 0.270 e. The predicted octanol–water partition coefficient (Wildman–Crippen LogP) is 2.41. The van der Waals surface area contributed by atoms with E-state index in [9.17, 15) is 9.59 Å². The van der Waals surface area contributed by atoms with Gasteiger partial charge in [-0.3, -0.25) is 14.0 Å². The number of para-hydroxylation sites is 2. The van der Waals surface area contributed by atoms with Crippen molar-refractivity contribution in [2.75, 3.05) is 25.1 Å². The Kier molecular flexibility index (Phi) is 5.20. The number of methoxy groups -OCH3 is 1. The zero-order valence-corrected chi connectivity index (χ0v) is 16.6. The van der Waals surface area contributed by atoms with Crippen molar-refractivity contribution >= 4 is 17.2 Å². The van der Waals surface area contributed by atoms with Gasteiger partial charge in [-0.1, -0.05) is 12.1 Å². The van der Waals surface area contributed by atoms with Crippen molar-refractivity contribution in [2.24, 2.45) is 0 Å². The number of hydrogen-bond donors (Lipinski definition) is 1. The molecule has 1 saturated heterocycles. The second kappa shape index (κ2) is 7.95. The summed E-state index contributed by atoms with van der Waals surface area (Å²) in [7, 11) is 1.67. The molecule has 1 aliphatic heterocycles. The van der Waals surface area contributed by atoms with E-state index in [1.807, 2.05) is 43.3 Å². The first-order valence-corrected chi connectivity index (χ1v) is 9.73. The highest BCUT2D eigenvalue weighted by atomic mass is 16.5. The number of pyridine rings is 1. The quantitative estimate of drug-likeness (QED) is 0.738. The molecule has 7 nitrogen and oxygen atoms in total. The molecule has 150 valence electrons. The fraction of sp³-hybridized carbons (Fsp3) is 0.318. The lowest BCUT2D eigenvalue weighted by Crippen LogP contribution is -2.46. The zero-order valence-electron chi connectivity index (χ0n) is 16.6. The molecule has 3 heterocycles. The number of nitrogens with zero attached hydrogens (tertiary/aromatic N) is 3. The Hall–Kier alpha value is -3.35. The molecule has 7 heteroatoms. The standard InChI is InChI=1S/C22H24N4O3/c1-15-7-12-26-20(13-15)23-14-17(22(26)28)21(27)24-16-8-10-25(11-9-16)18-5-3-4-6-19(18)29-2/h3-7,12-14,16H,8-11H2,1-2H3,(H,24,27). The van der Waals surface area contributed by atoms with E-state index in [0.717, 1.165) is 42.9 Å². The van der Waals surface area contributed by atoms with Crippen molar-refractivity contribution in [3.8, 4) is 5.75 Å². The molecule has 29 heavy (non-hydrogen) atoms. The van der Waals surface area contributed by atoms with Gasteiger partial charge in [0.15, 0.2) is 0 Å². The van der Waals surface area contributed by atoms with Gasteiger partial charge in [-0.25, -0.2) is 4.98 Å². The van der Waals surface area contributed by atoms with Crippen LogP contribution >= 0.6 is 0 Å². The molecule has 0 aliphatic carbocycles. The van der Waals surface area contributed by atoms with Crippen LogP contribution < -0.4 is 20.5 Å². The highest BCUT2D eigenvalue weighted by Gasteiger charge is 2.24. The van der Waals surface area contributed by atoms with Crippen LogP contribution in [0.5, 0.6) is 5.75 Å². The molecule has 0 spiro atoms. The van der Waals surface area contributed by atoms with Gasteiger partial charge in [0, 0.05) is 31.5 Å². The molecule has 2 aromatic heterocycles. The number of carbonyl (C=O) groups excluding carboxylic acids is 1. The van der Waals surface area contributed by atoms with Gasteiger partial charge in [-0.2, -0.15) is 0 Å². The summed E-state index contributed by atoms with van der Waals surface area (Å²) in [6.07, 6.45) is 4.62. The molecule has 0 radical (unpaired) electrons. The van der Waals surface area contributed by atoms with Crippen molar-refractivity contribution in [3.63, 3.8) is 0 Å². The first-order valence-electron chi connectivity index (χ1n) is 9.73. The van der Waals surface area contributed by atoms with Gasteiger partial charge in [0.25, 0.3) is 11.5 Å². The first-order chi connectivity index (χ1) is 14.1. The van der Waals surface area contributed by atoms with Crippen LogP contribution in [0.15, 0.2) is 53.6 Å². The molecule has 1 aliphatic rings. The van der Waals surface area contributed by atoms with Gasteiger partial charge >= 0.3 is 0 Å². The third-order valence-corrected chi connectivity index (χ3v) is 5.37. The van der Waals surface area contributed by atoms with E-state index in [-0.39, 0.29) is 23.1 Å². The van der Waals surface area contributed by atoms with E-state index in [2.05, 4.69) is 15.2 Å². The lowest BCUT2D eigenvalue weighted by atomic mass is 10.0. The Morgan fingerprint density at radius 3 is 2.72 bits per heavy atom. The van der Waals surface area contributed by atoms with Crippen molar-refractivity contribution in [1.29, 1.82) is 0 Å². The lowest BCUT2D eigenvalue weighted by Gasteiger charge is -2.34. The maximum Gasteiger partial charge on any atom is 0.270 e. The molecule has 1 aromatic carbocycles. The predicted molar refractivity (Wildman–Crippen MR) is 112 cm³/mol. The Morgan fingerprint density at radius 1 is 1.21 bits per heavy atom. The number of aryl methyl sites for hydroxylation is 1. The number of amides is 1. The number of anilines is 1. The van der Waals surface area contributed by atoms with Crippen LogP contribution in [-0.2, 0) is 0 Å². The molecule has 4 rings (SSSR count). The summed E-state index contributed by atoms with van der Waals surface area (Å²) in [5.74, 6) is 0.480. The summed E-state index contributed by atoms with van der Waals surface area (Å²) < 4.78 is 6.86. The number of aromatic nitrogens is 2. The Morgan fingerprint density at radius 2 is 1.97 bits per heavy atom. The minimum absolute atomic E-state index is 0.0200. The average molecular weight is 392 g/mol. The molecule has 1 amide bonds. The second-order valence-electron chi connectivity index (χ2n) is 7.32. The van der Waals surface area contributed by atoms with Crippen LogP contribution in [0.25, 0.3) is 5.65 Å². The van der Waals surface area contributed by atoms with Crippen LogP contribution in [0.1, 0.15) is 28.8 Å². The fourth-order valence-corrected chi connectivity index (χ4v) is 3.75. The topological polar surface area (TPSA) is 75.9 Å². The van der Waals surface area contributed by atoms with E-state index in [4.69, 9.17) is 4.74 Å². The third kappa shape index (κ3) is 3.81. The van der Waals surface area contributed by atoms with Gasteiger partial charge in [-0.15, -0.1) is 0 Å². The number of rotatable bonds is 4. The maximum absolute atomic E-state index is 12.7. The van der Waals surface area contributed by atoms with Gasteiger partial charge in [0.1, 0.15) is 17.0 Å². The van der Waals surface area contributed by atoms with Gasteiger partial charge in [-0.05, 0) is 49.6 Å². The summed E-state index contributed by atoms with van der Waals surface area (Å²) in [6.45, 7) is 3.54. The molecule has 0 bridgehead atoms. The Bertz CT molecular complexity index is 1100. The third-order valence-electron chi connectivity index (χ3n) is 5.37. The van der Waals surface area contributed by atoms with Crippen LogP contribution in [0.3, 0.4) is 0 Å². The van der Waals surface area contributed by atoms with Crippen molar-refractivity contribution < 1.29 is 9.53 Å². The summed E-state index contributed by atoms with van der Waals surface area (Å²) in [4.78, 5) is 31.9. The highest BCUT2D eigenvalue weighted by Crippen LogP contribution is 2.29. The number of benzene rings is 1. The zero-order chi connectivity index (χ0) is 20.4. The SMILES string of the molecule is COc1ccccc1N1CCC(NC(=O)c2cnc3cc(C)ccn3c2=O)CC1. The first kappa shape index (κ1) is 19.0. The van der Waals surface area contributed by atoms with Crippen LogP contribution in [0.2, 0.25) is 0 Å². The maximum atomic E-state index is 12.7.